The van der Waals surface area contributed by atoms with Crippen LogP contribution in [0.4, 0.5) is 15.3 Å². The Balaban J connectivity index is 1.36. The van der Waals surface area contributed by atoms with Gasteiger partial charge in [0.05, 0.1) is 16.3 Å². The number of halogens is 3. The number of H-pyrrole nitrogens is 1. The molecule has 204 valence electrons. The summed E-state index contributed by atoms with van der Waals surface area (Å²) >= 11 is 20.2. The summed E-state index contributed by atoms with van der Waals surface area (Å²) in [6.45, 7) is 0.182. The van der Waals surface area contributed by atoms with E-state index in [0.29, 0.717) is 44.2 Å². The molecule has 0 aliphatic carbocycles. The molecule has 0 saturated carbocycles. The second kappa shape index (κ2) is 12.1. The monoisotopic (exact) mass is 614 g/mol. The number of nitrogens with zero attached hydrogens (tertiary/aromatic N) is 2. The van der Waals surface area contributed by atoms with Crippen LogP contribution in [0.2, 0.25) is 14.6 Å². The van der Waals surface area contributed by atoms with E-state index in [2.05, 4.69) is 30.9 Å². The molecule has 1 atom stereocenters. The maximum Gasteiger partial charge on any atom is 0.409 e. The highest BCUT2D eigenvalue weighted by molar-refractivity contribution is 7.22. The first-order chi connectivity index (χ1) is 19.2. The van der Waals surface area contributed by atoms with Crippen molar-refractivity contribution in [2.75, 3.05) is 5.32 Å². The van der Waals surface area contributed by atoms with Crippen molar-refractivity contribution in [1.29, 1.82) is 0 Å². The molecule has 9 nitrogen and oxygen atoms in total. The summed E-state index contributed by atoms with van der Waals surface area (Å²) in [6.07, 6.45) is -0.710. The van der Waals surface area contributed by atoms with Crippen LogP contribution in [0.25, 0.3) is 21.5 Å². The number of rotatable bonds is 8. The van der Waals surface area contributed by atoms with E-state index >= 15 is 0 Å². The minimum atomic E-state index is -1.16. The zero-order chi connectivity index (χ0) is 28.2. The van der Waals surface area contributed by atoms with Crippen LogP contribution >= 0.6 is 46.1 Å². The van der Waals surface area contributed by atoms with Crippen LogP contribution in [0.5, 0.6) is 0 Å². The van der Waals surface area contributed by atoms with Crippen LogP contribution in [-0.2, 0) is 13.0 Å². The number of carboxylic acid groups (broad SMARTS) is 1. The third-order valence-electron chi connectivity index (χ3n) is 5.96. The topological polar surface area (TPSA) is 132 Å². The largest absolute Gasteiger partial charge is 0.465 e. The number of aromatic amines is 1. The second-order valence-corrected chi connectivity index (χ2v) is 11.2. The number of nitrogens with one attached hydrogen (secondary N) is 4. The van der Waals surface area contributed by atoms with Crippen molar-refractivity contribution in [2.24, 2.45) is 0 Å². The molecule has 0 saturated heterocycles. The van der Waals surface area contributed by atoms with Crippen LogP contribution in [0.1, 0.15) is 23.0 Å². The van der Waals surface area contributed by atoms with E-state index in [0.717, 1.165) is 15.8 Å². The smallest absolute Gasteiger partial charge is 0.409 e. The third-order valence-corrected chi connectivity index (χ3v) is 7.56. The standard InChI is InChI=1S/C27H21Cl3N6O3S/c28-17-11-16(21-20(12-17)40-25(30)35-21)13-31-26(37)33-19(10-14-4-2-1-3-5-14)24-34-22(23(29)36-24)15-6-8-18(9-7-15)32-27(38)39/h1-9,11-12,19,32H,10,13H2,(H,34,36)(H,38,39)(H2,31,33,37). The Morgan fingerprint density at radius 2 is 1.75 bits per heavy atom. The molecular formula is C27H21Cl3N6O3S. The summed E-state index contributed by atoms with van der Waals surface area (Å²) < 4.78 is 1.23. The van der Waals surface area contributed by atoms with Crippen molar-refractivity contribution >= 4 is 74.2 Å². The number of fused-ring (bicyclic) bond motifs is 1. The van der Waals surface area contributed by atoms with E-state index in [4.69, 9.17) is 39.9 Å². The first-order valence-corrected chi connectivity index (χ1v) is 13.9. The maximum atomic E-state index is 13.1. The van der Waals surface area contributed by atoms with Crippen molar-refractivity contribution < 1.29 is 14.7 Å². The van der Waals surface area contributed by atoms with Gasteiger partial charge in [-0.3, -0.25) is 5.32 Å². The summed E-state index contributed by atoms with van der Waals surface area (Å²) in [4.78, 5) is 36.1. The number of anilines is 1. The third kappa shape index (κ3) is 6.65. The SMILES string of the molecule is O=C(O)Nc1ccc(-c2nc(C(Cc3ccccc3)NC(=O)NCc3cc(Cl)cc4sc(Cl)nc34)[nH]c2Cl)cc1. The van der Waals surface area contributed by atoms with Gasteiger partial charge in [-0.1, -0.05) is 77.3 Å². The van der Waals surface area contributed by atoms with Gasteiger partial charge in [0.25, 0.3) is 0 Å². The first kappa shape index (κ1) is 27.7. The maximum absolute atomic E-state index is 13.1. The Morgan fingerprint density at radius 3 is 2.48 bits per heavy atom. The zero-order valence-electron chi connectivity index (χ0n) is 20.5. The van der Waals surface area contributed by atoms with E-state index in [-0.39, 0.29) is 11.7 Å². The zero-order valence-corrected chi connectivity index (χ0v) is 23.6. The lowest BCUT2D eigenvalue weighted by Gasteiger charge is -2.18. The van der Waals surface area contributed by atoms with Gasteiger partial charge in [-0.25, -0.2) is 19.6 Å². The number of urea groups is 1. The molecular weight excluding hydrogens is 595 g/mol. The van der Waals surface area contributed by atoms with E-state index in [1.165, 1.54) is 11.3 Å². The Kier molecular flexibility index (Phi) is 8.41. The van der Waals surface area contributed by atoms with Gasteiger partial charge in [-0.2, -0.15) is 0 Å². The van der Waals surface area contributed by atoms with Crippen LogP contribution in [-0.4, -0.2) is 32.2 Å². The highest BCUT2D eigenvalue weighted by Gasteiger charge is 2.22. The number of benzene rings is 3. The molecule has 2 aromatic heterocycles. The Morgan fingerprint density at radius 1 is 1.00 bits per heavy atom. The molecule has 5 rings (SSSR count). The fraction of sp³-hybridized carbons (Fsp3) is 0.111. The van der Waals surface area contributed by atoms with Crippen LogP contribution < -0.4 is 16.0 Å². The number of hydrogen-bond donors (Lipinski definition) is 5. The predicted molar refractivity (Wildman–Crippen MR) is 159 cm³/mol. The van der Waals surface area contributed by atoms with Crippen molar-refractivity contribution in [3.8, 4) is 11.3 Å². The number of carbonyl (C=O) groups is 2. The van der Waals surface area contributed by atoms with E-state index in [9.17, 15) is 9.59 Å². The lowest BCUT2D eigenvalue weighted by atomic mass is 10.1. The van der Waals surface area contributed by atoms with Gasteiger partial charge < -0.3 is 20.7 Å². The number of carbonyl (C=O) groups excluding carboxylic acids is 1. The molecule has 3 aromatic carbocycles. The summed E-state index contributed by atoms with van der Waals surface area (Å²) in [5, 5.41) is 17.9. The van der Waals surface area contributed by atoms with Gasteiger partial charge in [0, 0.05) is 28.4 Å². The molecule has 0 bridgehead atoms. The lowest BCUT2D eigenvalue weighted by molar-refractivity contribution is 0.209. The summed E-state index contributed by atoms with van der Waals surface area (Å²) in [5.74, 6) is 0.461. The summed E-state index contributed by atoms with van der Waals surface area (Å²) in [5.41, 5.74) is 3.98. The minimum absolute atomic E-state index is 0.182. The molecule has 2 heterocycles. The molecule has 0 aliphatic heterocycles. The van der Waals surface area contributed by atoms with Gasteiger partial charge in [0.2, 0.25) is 0 Å². The lowest BCUT2D eigenvalue weighted by Crippen LogP contribution is -2.38. The first-order valence-electron chi connectivity index (χ1n) is 11.9. The van der Waals surface area contributed by atoms with Crippen molar-refractivity contribution in [2.45, 2.75) is 19.0 Å². The quantitative estimate of drug-likeness (QED) is 0.123. The Hall–Kier alpha value is -3.83. The van der Waals surface area contributed by atoms with Gasteiger partial charge >= 0.3 is 12.1 Å². The van der Waals surface area contributed by atoms with Gasteiger partial charge in [-0.15, -0.1) is 11.3 Å². The number of hydrogen-bond acceptors (Lipinski definition) is 5. The molecule has 3 amide bonds. The van der Waals surface area contributed by atoms with E-state index < -0.39 is 18.2 Å². The van der Waals surface area contributed by atoms with Crippen LogP contribution in [0, 0.1) is 0 Å². The number of imidazole rings is 1. The Bertz CT molecular complexity index is 1670. The molecule has 0 fully saturated rings. The van der Waals surface area contributed by atoms with Crippen LogP contribution in [0.3, 0.4) is 0 Å². The predicted octanol–water partition coefficient (Wildman–Crippen LogP) is 7.52. The molecule has 0 aliphatic rings. The minimum Gasteiger partial charge on any atom is -0.465 e. The van der Waals surface area contributed by atoms with Crippen molar-refractivity contribution in [3.05, 3.63) is 98.3 Å². The molecule has 5 N–H and O–H groups in total. The molecule has 5 aromatic rings. The normalized spacial score (nSPS) is 11.8. The van der Waals surface area contributed by atoms with Crippen molar-refractivity contribution in [1.82, 2.24) is 25.6 Å². The van der Waals surface area contributed by atoms with Gasteiger partial charge in [0.15, 0.2) is 4.47 Å². The fourth-order valence-electron chi connectivity index (χ4n) is 4.18. The Labute approximate surface area is 247 Å². The van der Waals surface area contributed by atoms with Gasteiger partial charge in [0.1, 0.15) is 16.7 Å². The van der Waals surface area contributed by atoms with E-state index in [1.807, 2.05) is 30.3 Å². The molecule has 40 heavy (non-hydrogen) atoms. The van der Waals surface area contributed by atoms with Crippen molar-refractivity contribution in [3.63, 3.8) is 0 Å². The number of amides is 3. The van der Waals surface area contributed by atoms with Gasteiger partial charge in [-0.05, 0) is 36.2 Å². The molecule has 1 unspecified atom stereocenters. The average molecular weight is 616 g/mol. The fourth-order valence-corrected chi connectivity index (χ4v) is 5.85. The highest BCUT2D eigenvalue weighted by atomic mass is 35.5. The molecule has 13 heteroatoms. The van der Waals surface area contributed by atoms with Crippen LogP contribution in [0.15, 0.2) is 66.7 Å². The summed E-state index contributed by atoms with van der Waals surface area (Å²) in [7, 11) is 0. The molecule has 0 spiro atoms. The average Bonchev–Trinajstić information content (AvgIpc) is 3.49. The summed E-state index contributed by atoms with van der Waals surface area (Å²) in [6, 6.07) is 18.9. The number of thiazole rings is 1. The second-order valence-electron chi connectivity index (χ2n) is 8.74. The highest BCUT2D eigenvalue weighted by Crippen LogP contribution is 2.32. The van der Waals surface area contributed by atoms with E-state index in [1.54, 1.807) is 36.4 Å². The number of aromatic nitrogens is 3. The molecule has 0 radical (unpaired) electrons.